The van der Waals surface area contributed by atoms with Crippen LogP contribution in [0.2, 0.25) is 5.02 Å². The van der Waals surface area contributed by atoms with Crippen molar-refractivity contribution in [2.24, 2.45) is 11.3 Å². The average molecular weight is 581 g/mol. The zero-order chi connectivity index (χ0) is 29.4. The normalized spacial score (nSPS) is 19.6. The standard InChI is InChI=1S/C28H32ClF3N4O4/c1-15-10-18(14-27(3,4)13-15)36-23-12-21(29)20(24(37)33-16(2)25(38)39-5)11-22(23)35-26(36)34-17-6-8-19(9-7-17)40-28(30,31)32/h6-9,11-12,15-16,18H,10,13-14H2,1-5H3,(H,33,37)(H,34,35)/t15-,16-,18+/m0/s1. The maximum atomic E-state index is 12.9. The van der Waals surface area contributed by atoms with Gasteiger partial charge in [-0.15, -0.1) is 13.2 Å². The Labute approximate surface area is 235 Å². The number of imidazole rings is 1. The van der Waals surface area contributed by atoms with Crippen LogP contribution in [0.4, 0.5) is 24.8 Å². The van der Waals surface area contributed by atoms with E-state index in [4.69, 9.17) is 16.6 Å². The van der Waals surface area contributed by atoms with Gasteiger partial charge in [-0.3, -0.25) is 4.79 Å². The highest BCUT2D eigenvalue weighted by Crippen LogP contribution is 2.46. The van der Waals surface area contributed by atoms with E-state index in [0.717, 1.165) is 19.3 Å². The molecule has 0 unspecified atom stereocenters. The second kappa shape index (κ2) is 11.2. The number of benzene rings is 2. The highest BCUT2D eigenvalue weighted by Gasteiger charge is 2.35. The summed E-state index contributed by atoms with van der Waals surface area (Å²) >= 11 is 6.59. The Morgan fingerprint density at radius 1 is 1.18 bits per heavy atom. The first-order valence-corrected chi connectivity index (χ1v) is 13.3. The van der Waals surface area contributed by atoms with Crippen LogP contribution < -0.4 is 15.4 Å². The van der Waals surface area contributed by atoms with E-state index >= 15 is 0 Å². The average Bonchev–Trinajstić information content (AvgIpc) is 3.18. The van der Waals surface area contributed by atoms with Crippen molar-refractivity contribution in [3.63, 3.8) is 0 Å². The molecule has 216 valence electrons. The minimum atomic E-state index is -4.79. The molecular weight excluding hydrogens is 549 g/mol. The van der Waals surface area contributed by atoms with Gasteiger partial charge < -0.3 is 24.7 Å². The summed E-state index contributed by atoms with van der Waals surface area (Å²) in [7, 11) is 1.23. The van der Waals surface area contributed by atoms with Crippen molar-refractivity contribution in [1.82, 2.24) is 14.9 Å². The fourth-order valence-corrected chi connectivity index (χ4v) is 5.86. The van der Waals surface area contributed by atoms with Crippen molar-refractivity contribution in [1.29, 1.82) is 0 Å². The van der Waals surface area contributed by atoms with Crippen LogP contribution in [-0.4, -0.2) is 40.9 Å². The maximum Gasteiger partial charge on any atom is 0.573 e. The molecule has 1 saturated carbocycles. The number of alkyl halides is 3. The zero-order valence-electron chi connectivity index (χ0n) is 22.9. The fourth-order valence-electron chi connectivity index (χ4n) is 5.62. The predicted octanol–water partition coefficient (Wildman–Crippen LogP) is 7.01. The van der Waals surface area contributed by atoms with Gasteiger partial charge in [-0.1, -0.05) is 32.4 Å². The molecule has 0 spiro atoms. The number of esters is 1. The lowest BCUT2D eigenvalue weighted by Gasteiger charge is -2.40. The lowest BCUT2D eigenvalue weighted by atomic mass is 9.70. The van der Waals surface area contributed by atoms with E-state index in [2.05, 4.69) is 45.4 Å². The Hall–Kier alpha value is -3.47. The Kier molecular flexibility index (Phi) is 8.26. The number of nitrogens with zero attached hydrogens (tertiary/aromatic N) is 2. The summed E-state index contributed by atoms with van der Waals surface area (Å²) in [6.07, 6.45) is -1.96. The van der Waals surface area contributed by atoms with E-state index in [1.165, 1.54) is 38.3 Å². The summed E-state index contributed by atoms with van der Waals surface area (Å²) in [4.78, 5) is 29.5. The van der Waals surface area contributed by atoms with Crippen LogP contribution in [0.15, 0.2) is 36.4 Å². The molecule has 1 aromatic heterocycles. The number of rotatable bonds is 7. The topological polar surface area (TPSA) is 94.5 Å². The summed E-state index contributed by atoms with van der Waals surface area (Å²) in [5, 5.41) is 5.99. The molecule has 3 atom stereocenters. The number of amides is 1. The number of aromatic nitrogens is 2. The molecule has 3 aromatic rings. The number of methoxy groups -OCH3 is 1. The second-order valence-electron chi connectivity index (χ2n) is 11.1. The molecule has 0 saturated heterocycles. The lowest BCUT2D eigenvalue weighted by molar-refractivity contribution is -0.274. The van der Waals surface area contributed by atoms with Gasteiger partial charge in [0, 0.05) is 11.7 Å². The molecule has 1 aliphatic rings. The summed E-state index contributed by atoms with van der Waals surface area (Å²) in [5.74, 6) is -0.578. The summed E-state index contributed by atoms with van der Waals surface area (Å²) in [6, 6.07) is 7.79. The van der Waals surface area contributed by atoms with Gasteiger partial charge in [-0.05, 0) is 73.9 Å². The Balaban J connectivity index is 1.75. The van der Waals surface area contributed by atoms with Crippen molar-refractivity contribution in [2.45, 2.75) is 65.4 Å². The van der Waals surface area contributed by atoms with Crippen molar-refractivity contribution in [3.8, 4) is 5.75 Å². The number of anilines is 2. The lowest BCUT2D eigenvalue weighted by Crippen LogP contribution is -2.39. The van der Waals surface area contributed by atoms with Crippen LogP contribution >= 0.6 is 11.6 Å². The Bertz CT molecular complexity index is 1410. The van der Waals surface area contributed by atoms with E-state index in [-0.39, 0.29) is 27.8 Å². The van der Waals surface area contributed by atoms with Gasteiger partial charge in [0.15, 0.2) is 0 Å². The third kappa shape index (κ3) is 6.80. The van der Waals surface area contributed by atoms with Gasteiger partial charge in [0.25, 0.3) is 5.91 Å². The number of carbonyl (C=O) groups is 2. The summed E-state index contributed by atoms with van der Waals surface area (Å²) < 4.78 is 48.5. The Morgan fingerprint density at radius 3 is 2.45 bits per heavy atom. The zero-order valence-corrected chi connectivity index (χ0v) is 23.6. The maximum absolute atomic E-state index is 12.9. The van der Waals surface area contributed by atoms with Gasteiger partial charge in [0.1, 0.15) is 11.8 Å². The molecule has 2 N–H and O–H groups in total. The first-order chi connectivity index (χ1) is 18.7. The summed E-state index contributed by atoms with van der Waals surface area (Å²) in [6.45, 7) is 8.15. The molecule has 1 amide bonds. The molecule has 0 aliphatic heterocycles. The van der Waals surface area contributed by atoms with Crippen LogP contribution in [0.3, 0.4) is 0 Å². The number of ether oxygens (including phenoxy) is 2. The Morgan fingerprint density at radius 2 is 1.85 bits per heavy atom. The monoisotopic (exact) mass is 580 g/mol. The largest absolute Gasteiger partial charge is 0.573 e. The SMILES string of the molecule is COC(=O)[C@H](C)NC(=O)c1cc2nc(Nc3ccc(OC(F)(F)F)cc3)n([C@@H]3C[C@H](C)CC(C)(C)C3)c2cc1Cl. The molecule has 12 heteroatoms. The van der Waals surface area contributed by atoms with E-state index in [1.54, 1.807) is 12.1 Å². The molecule has 1 fully saturated rings. The number of carbonyl (C=O) groups excluding carboxylic acids is 2. The van der Waals surface area contributed by atoms with Crippen molar-refractivity contribution < 1.29 is 32.2 Å². The van der Waals surface area contributed by atoms with Gasteiger partial charge in [-0.2, -0.15) is 0 Å². The van der Waals surface area contributed by atoms with Crippen molar-refractivity contribution in [3.05, 3.63) is 47.0 Å². The van der Waals surface area contributed by atoms with Crippen molar-refractivity contribution >= 4 is 46.1 Å². The predicted molar refractivity (Wildman–Crippen MR) is 146 cm³/mol. The minimum Gasteiger partial charge on any atom is -0.467 e. The van der Waals surface area contributed by atoms with Gasteiger partial charge >= 0.3 is 12.3 Å². The van der Waals surface area contributed by atoms with Crippen LogP contribution in [0.1, 0.15) is 63.4 Å². The molecular formula is C28H32ClF3N4O4. The first kappa shape index (κ1) is 29.5. The smallest absolute Gasteiger partial charge is 0.467 e. The van der Waals surface area contributed by atoms with Gasteiger partial charge in [0.05, 0.1) is 28.7 Å². The quantitative estimate of drug-likeness (QED) is 0.292. The minimum absolute atomic E-state index is 0.0502. The van der Waals surface area contributed by atoms with E-state index in [9.17, 15) is 22.8 Å². The fraction of sp³-hybridized carbons (Fsp3) is 0.464. The van der Waals surface area contributed by atoms with E-state index in [0.29, 0.717) is 28.6 Å². The molecule has 1 aliphatic carbocycles. The van der Waals surface area contributed by atoms with E-state index in [1.807, 2.05) is 0 Å². The molecule has 2 aromatic carbocycles. The van der Waals surface area contributed by atoms with E-state index < -0.39 is 24.3 Å². The second-order valence-corrected chi connectivity index (χ2v) is 11.5. The molecule has 40 heavy (non-hydrogen) atoms. The van der Waals surface area contributed by atoms with Crippen LogP contribution in [0.25, 0.3) is 11.0 Å². The van der Waals surface area contributed by atoms with Crippen LogP contribution in [0, 0.1) is 11.3 Å². The molecule has 1 heterocycles. The van der Waals surface area contributed by atoms with Crippen LogP contribution in [0.5, 0.6) is 5.75 Å². The molecule has 0 bridgehead atoms. The molecule has 0 radical (unpaired) electrons. The summed E-state index contributed by atoms with van der Waals surface area (Å²) in [5.41, 5.74) is 1.92. The van der Waals surface area contributed by atoms with Gasteiger partial charge in [0.2, 0.25) is 5.95 Å². The number of halogens is 4. The first-order valence-electron chi connectivity index (χ1n) is 12.9. The highest BCUT2D eigenvalue weighted by molar-refractivity contribution is 6.34. The molecule has 8 nitrogen and oxygen atoms in total. The highest BCUT2D eigenvalue weighted by atomic mass is 35.5. The number of hydrogen-bond acceptors (Lipinski definition) is 6. The third-order valence-corrected chi connectivity index (χ3v) is 7.31. The number of fused-ring (bicyclic) bond motifs is 1. The third-order valence-electron chi connectivity index (χ3n) is 7.00. The number of hydrogen-bond donors (Lipinski definition) is 2. The molecule has 4 rings (SSSR count). The van der Waals surface area contributed by atoms with Gasteiger partial charge in [-0.25, -0.2) is 9.78 Å². The number of nitrogens with one attached hydrogen (secondary N) is 2. The van der Waals surface area contributed by atoms with Crippen molar-refractivity contribution in [2.75, 3.05) is 12.4 Å². The van der Waals surface area contributed by atoms with Crippen LogP contribution in [-0.2, 0) is 9.53 Å².